The fourth-order valence-corrected chi connectivity index (χ4v) is 7.59. The van der Waals surface area contributed by atoms with Gasteiger partial charge in [-0.1, -0.05) is 13.8 Å². The topological polar surface area (TPSA) is 58.2 Å². The number of piperidine rings is 1. The summed E-state index contributed by atoms with van der Waals surface area (Å²) in [6.07, 6.45) is 8.71. The van der Waals surface area contributed by atoms with Gasteiger partial charge in [-0.3, -0.25) is 9.59 Å². The Labute approximate surface area is 164 Å². The van der Waals surface area contributed by atoms with Gasteiger partial charge >= 0.3 is 0 Å². The molecule has 0 spiro atoms. The van der Waals surface area contributed by atoms with E-state index in [0.29, 0.717) is 24.3 Å². The summed E-state index contributed by atoms with van der Waals surface area (Å²) in [6.45, 7) is 11.1. The van der Waals surface area contributed by atoms with Crippen LogP contribution in [0.15, 0.2) is 0 Å². The molecule has 0 radical (unpaired) electrons. The molecule has 4 rings (SSSR count). The predicted octanol–water partition coefficient (Wildman–Crippen LogP) is 4.04. The third-order valence-electron chi connectivity index (χ3n) is 8.91. The fourth-order valence-electron chi connectivity index (χ4n) is 7.59. The van der Waals surface area contributed by atoms with Crippen LogP contribution in [0.5, 0.6) is 0 Å². The molecule has 4 aliphatic rings. The van der Waals surface area contributed by atoms with Gasteiger partial charge in [0.2, 0.25) is 11.8 Å². The largest absolute Gasteiger partial charge is 0.353 e. The van der Waals surface area contributed by atoms with E-state index in [1.165, 1.54) is 19.3 Å². The highest BCUT2D eigenvalue weighted by atomic mass is 16.2. The van der Waals surface area contributed by atoms with Crippen LogP contribution in [0.2, 0.25) is 0 Å². The van der Waals surface area contributed by atoms with E-state index in [-0.39, 0.29) is 34.1 Å². The summed E-state index contributed by atoms with van der Waals surface area (Å²) in [5, 5.41) is 6.57. The zero-order chi connectivity index (χ0) is 19.6. The minimum Gasteiger partial charge on any atom is -0.353 e. The van der Waals surface area contributed by atoms with E-state index in [9.17, 15) is 9.59 Å². The SMILES string of the molecule is CC(C)(C)NC(=O)[C@H]1CC[C@H]2[C@@H]3CC[C@@H]4NC(=O)CC[C@]4(C)[C@H]3CC[C@]12C. The van der Waals surface area contributed by atoms with Crippen molar-refractivity contribution < 1.29 is 9.59 Å². The molecule has 0 unspecified atom stereocenters. The van der Waals surface area contributed by atoms with Crippen molar-refractivity contribution in [1.82, 2.24) is 10.6 Å². The molecule has 3 aliphatic carbocycles. The molecule has 4 fully saturated rings. The third-order valence-corrected chi connectivity index (χ3v) is 8.91. The van der Waals surface area contributed by atoms with Crippen LogP contribution in [0.1, 0.15) is 86.0 Å². The second kappa shape index (κ2) is 6.22. The first-order valence-electron chi connectivity index (χ1n) is 11.2. The van der Waals surface area contributed by atoms with Crippen LogP contribution < -0.4 is 10.6 Å². The van der Waals surface area contributed by atoms with Gasteiger partial charge in [0, 0.05) is 23.9 Å². The van der Waals surface area contributed by atoms with Gasteiger partial charge in [0.15, 0.2) is 0 Å². The third kappa shape index (κ3) is 3.02. The number of nitrogens with one attached hydrogen (secondary N) is 2. The molecule has 4 nitrogen and oxygen atoms in total. The molecule has 3 saturated carbocycles. The smallest absolute Gasteiger partial charge is 0.224 e. The van der Waals surface area contributed by atoms with E-state index < -0.39 is 0 Å². The van der Waals surface area contributed by atoms with Crippen molar-refractivity contribution in [2.45, 2.75) is 97.6 Å². The van der Waals surface area contributed by atoms with Gasteiger partial charge in [-0.25, -0.2) is 0 Å². The lowest BCUT2D eigenvalue weighted by atomic mass is 9.47. The molecule has 2 N–H and O–H groups in total. The number of amides is 2. The Kier molecular flexibility index (Phi) is 4.44. The standard InChI is InChI=1S/C23H38N2O2/c1-21(2,3)25-20(27)17-8-7-15-14-6-9-18-23(5,13-11-19(26)24-18)16(14)10-12-22(15,17)4/h14-18H,6-13H2,1-5H3,(H,24,26)(H,25,27)/t14-,15-,16-,17+,18-,22-,23+/m0/s1. The molecule has 0 aromatic carbocycles. The Morgan fingerprint density at radius 2 is 1.70 bits per heavy atom. The van der Waals surface area contributed by atoms with E-state index >= 15 is 0 Å². The van der Waals surface area contributed by atoms with E-state index in [2.05, 4.69) is 45.3 Å². The number of hydrogen-bond donors (Lipinski definition) is 2. The quantitative estimate of drug-likeness (QED) is 0.728. The highest BCUT2D eigenvalue weighted by Crippen LogP contribution is 2.65. The zero-order valence-corrected chi connectivity index (χ0v) is 17.9. The van der Waals surface area contributed by atoms with Crippen molar-refractivity contribution in [3.8, 4) is 0 Å². The summed E-state index contributed by atoms with van der Waals surface area (Å²) < 4.78 is 0. The second-order valence-corrected chi connectivity index (χ2v) is 11.5. The van der Waals surface area contributed by atoms with Gasteiger partial charge in [0.25, 0.3) is 0 Å². The van der Waals surface area contributed by atoms with Crippen LogP contribution in [0.4, 0.5) is 0 Å². The van der Waals surface area contributed by atoms with Gasteiger partial charge < -0.3 is 10.6 Å². The normalized spacial score (nSPS) is 46.7. The molecule has 2 amide bonds. The van der Waals surface area contributed by atoms with Crippen LogP contribution in [0.25, 0.3) is 0 Å². The minimum absolute atomic E-state index is 0.150. The maximum absolute atomic E-state index is 13.0. The van der Waals surface area contributed by atoms with Crippen molar-refractivity contribution in [1.29, 1.82) is 0 Å². The Morgan fingerprint density at radius 1 is 1.00 bits per heavy atom. The Balaban J connectivity index is 1.55. The number of rotatable bonds is 1. The Morgan fingerprint density at radius 3 is 2.41 bits per heavy atom. The summed E-state index contributed by atoms with van der Waals surface area (Å²) >= 11 is 0. The maximum Gasteiger partial charge on any atom is 0.224 e. The zero-order valence-electron chi connectivity index (χ0n) is 17.9. The number of carbonyl (C=O) groups is 2. The van der Waals surface area contributed by atoms with Crippen molar-refractivity contribution in [2.75, 3.05) is 0 Å². The number of fused-ring (bicyclic) bond motifs is 5. The summed E-state index contributed by atoms with van der Waals surface area (Å²) in [5.74, 6) is 2.79. The molecular formula is C23H38N2O2. The lowest BCUT2D eigenvalue weighted by Crippen LogP contribution is -2.61. The summed E-state index contributed by atoms with van der Waals surface area (Å²) in [6, 6.07) is 0.366. The molecule has 1 saturated heterocycles. The molecule has 1 aliphatic heterocycles. The summed E-state index contributed by atoms with van der Waals surface area (Å²) in [7, 11) is 0. The van der Waals surface area contributed by atoms with Gasteiger partial charge in [-0.2, -0.15) is 0 Å². The molecule has 152 valence electrons. The average Bonchev–Trinajstić information content (AvgIpc) is 2.91. The van der Waals surface area contributed by atoms with E-state index in [1.807, 2.05) is 0 Å². The highest BCUT2D eigenvalue weighted by Gasteiger charge is 2.61. The van der Waals surface area contributed by atoms with E-state index in [4.69, 9.17) is 0 Å². The molecule has 27 heavy (non-hydrogen) atoms. The monoisotopic (exact) mass is 374 g/mol. The van der Waals surface area contributed by atoms with Crippen LogP contribution in [0.3, 0.4) is 0 Å². The molecule has 0 aromatic rings. The summed E-state index contributed by atoms with van der Waals surface area (Å²) in [4.78, 5) is 25.0. The van der Waals surface area contributed by atoms with E-state index in [1.54, 1.807) is 0 Å². The lowest BCUT2D eigenvalue weighted by molar-refractivity contribution is -0.142. The lowest BCUT2D eigenvalue weighted by Gasteiger charge is -2.60. The first-order chi connectivity index (χ1) is 12.5. The number of carbonyl (C=O) groups excluding carboxylic acids is 2. The van der Waals surface area contributed by atoms with Crippen molar-refractivity contribution in [3.05, 3.63) is 0 Å². The van der Waals surface area contributed by atoms with Gasteiger partial charge in [0.05, 0.1) is 0 Å². The van der Waals surface area contributed by atoms with Crippen LogP contribution in [0, 0.1) is 34.5 Å². The molecule has 0 aromatic heterocycles. The minimum atomic E-state index is -0.158. The maximum atomic E-state index is 13.0. The van der Waals surface area contributed by atoms with Crippen LogP contribution in [-0.2, 0) is 9.59 Å². The van der Waals surface area contributed by atoms with Crippen molar-refractivity contribution in [2.24, 2.45) is 34.5 Å². The summed E-state index contributed by atoms with van der Waals surface area (Å²) in [5.41, 5.74) is 0.246. The Bertz CT molecular complexity index is 639. The van der Waals surface area contributed by atoms with Crippen molar-refractivity contribution >= 4 is 11.8 Å². The number of hydrogen-bond acceptors (Lipinski definition) is 2. The van der Waals surface area contributed by atoms with Gasteiger partial charge in [-0.05, 0) is 94.3 Å². The van der Waals surface area contributed by atoms with Gasteiger partial charge in [0.1, 0.15) is 0 Å². The fraction of sp³-hybridized carbons (Fsp3) is 0.913. The molecular weight excluding hydrogens is 336 g/mol. The van der Waals surface area contributed by atoms with Crippen molar-refractivity contribution in [3.63, 3.8) is 0 Å². The second-order valence-electron chi connectivity index (χ2n) is 11.5. The average molecular weight is 375 g/mol. The Hall–Kier alpha value is -1.06. The van der Waals surface area contributed by atoms with E-state index in [0.717, 1.165) is 31.6 Å². The molecule has 1 heterocycles. The first-order valence-corrected chi connectivity index (χ1v) is 11.2. The molecule has 0 bridgehead atoms. The highest BCUT2D eigenvalue weighted by molar-refractivity contribution is 5.80. The van der Waals surface area contributed by atoms with Crippen LogP contribution >= 0.6 is 0 Å². The predicted molar refractivity (Wildman–Crippen MR) is 107 cm³/mol. The van der Waals surface area contributed by atoms with Gasteiger partial charge in [-0.15, -0.1) is 0 Å². The molecule has 4 heteroatoms. The first kappa shape index (κ1) is 19.3. The molecule has 7 atom stereocenters. The van der Waals surface area contributed by atoms with Crippen LogP contribution in [-0.4, -0.2) is 23.4 Å².